The Balaban J connectivity index is 0.000000222. The van der Waals surface area contributed by atoms with E-state index in [1.807, 2.05) is 13.8 Å². The Hall–Kier alpha value is -5.23. The van der Waals surface area contributed by atoms with Crippen molar-refractivity contribution in [2.24, 2.45) is 41.4 Å². The van der Waals surface area contributed by atoms with Crippen molar-refractivity contribution in [1.82, 2.24) is 20.6 Å². The van der Waals surface area contributed by atoms with Gasteiger partial charge in [-0.15, -0.1) is 0 Å². The van der Waals surface area contributed by atoms with Gasteiger partial charge in [0.05, 0.1) is 32.3 Å². The lowest BCUT2D eigenvalue weighted by molar-refractivity contribution is -0.162. The Bertz CT molecular complexity index is 2190. The molecule has 18 heteroatoms. The summed E-state index contributed by atoms with van der Waals surface area (Å²) >= 11 is 0. The van der Waals surface area contributed by atoms with Crippen molar-refractivity contribution in [2.75, 3.05) is 34.2 Å². The molecule has 18 nitrogen and oxygen atoms in total. The monoisotopic (exact) mass is 1050 g/mol. The highest BCUT2D eigenvalue weighted by molar-refractivity contribution is 5.98. The standard InChI is InChI=1S/C31H46N2O8.C26H38N2O6/c1-19(2)30(35)40-18-39-28-25(37-4)14-15-32-26(28)29(34)33-24-11-7-10-23(16-21-8-5-6-9-21)27(20(3)41-31(24)36)38-17-22-12-13-22;1-16-24(33-15-18-10-11-18)19(14-17-6-3-4-7-17)8-5-9-20(26(31)34-16)28-25(30)22-23(29)21(32-2)12-13-27-22/h14-15,19-24,27H,5-13,16-18H2,1-4H3,(H,33,34);12-13,16-20,24,29H,3-11,14-15H2,1-2H3,(H,28,30)/t20-,23+,24-,27-;16-,19+,20-,24-/m00/s1. The zero-order chi connectivity index (χ0) is 53.4. The Kier molecular flexibility index (Phi) is 21.6. The van der Waals surface area contributed by atoms with Crippen molar-refractivity contribution in [3.8, 4) is 23.0 Å². The number of amides is 2. The number of hydrogen-bond donors (Lipinski definition) is 3. The average molecular weight is 1050 g/mol. The maximum atomic E-state index is 13.4. The number of aromatic nitrogens is 2. The molecule has 0 bridgehead atoms. The topological polar surface area (TPSA) is 229 Å². The first-order chi connectivity index (χ1) is 36.2. The summed E-state index contributed by atoms with van der Waals surface area (Å²) in [4.78, 5) is 72.6. The number of pyridine rings is 2. The SMILES string of the molecule is COc1ccnc(C(=O)N[C@H]2CCC[C@H](CC3CCCC3)[C@@H](OCC3CC3)[C@H](C)OC2=O)c1O.COc1ccnc(C(=O)N[C@H]2CCC[C@H](CC3CCCC3)[C@@H](OCC3CC3)[C@H](C)OC2=O)c1OCOC(=O)C(C)C. The smallest absolute Gasteiger partial charge is 0.329 e. The molecule has 0 radical (unpaired) electrons. The summed E-state index contributed by atoms with van der Waals surface area (Å²) < 4.78 is 45.8. The van der Waals surface area contributed by atoms with Crippen LogP contribution in [0.4, 0.5) is 0 Å². The van der Waals surface area contributed by atoms with Crippen LogP contribution >= 0.6 is 0 Å². The zero-order valence-electron chi connectivity index (χ0n) is 45.2. The molecule has 0 unspecified atom stereocenters. The first kappa shape index (κ1) is 57.5. The Morgan fingerprint density at radius 1 is 0.627 bits per heavy atom. The van der Waals surface area contributed by atoms with E-state index in [-0.39, 0.29) is 52.5 Å². The van der Waals surface area contributed by atoms with Crippen LogP contribution in [0.3, 0.4) is 0 Å². The summed E-state index contributed by atoms with van der Waals surface area (Å²) in [7, 11) is 2.84. The molecule has 2 aromatic heterocycles. The van der Waals surface area contributed by atoms with Crippen molar-refractivity contribution in [1.29, 1.82) is 0 Å². The molecule has 8 atom stereocenters. The van der Waals surface area contributed by atoms with Gasteiger partial charge in [-0.3, -0.25) is 14.4 Å². The first-order valence-electron chi connectivity index (χ1n) is 28.0. The zero-order valence-corrected chi connectivity index (χ0v) is 45.2. The van der Waals surface area contributed by atoms with Crippen LogP contribution in [0.25, 0.3) is 0 Å². The minimum Gasteiger partial charge on any atom is -0.503 e. The van der Waals surface area contributed by atoms with Gasteiger partial charge < -0.3 is 53.6 Å². The predicted octanol–water partition coefficient (Wildman–Crippen LogP) is 8.83. The van der Waals surface area contributed by atoms with Gasteiger partial charge in [0.1, 0.15) is 24.3 Å². The lowest BCUT2D eigenvalue weighted by Gasteiger charge is -2.32. The predicted molar refractivity (Wildman–Crippen MR) is 276 cm³/mol. The molecule has 6 fully saturated rings. The third-order valence-corrected chi connectivity index (χ3v) is 15.9. The lowest BCUT2D eigenvalue weighted by atomic mass is 9.83. The molecule has 2 aliphatic heterocycles. The van der Waals surface area contributed by atoms with E-state index in [1.54, 1.807) is 19.9 Å². The van der Waals surface area contributed by atoms with Gasteiger partial charge in [0.15, 0.2) is 34.4 Å². The number of hydrogen-bond acceptors (Lipinski definition) is 16. The minimum atomic E-state index is -0.848. The number of methoxy groups -OCH3 is 2. The second-order valence-corrected chi connectivity index (χ2v) is 22.3. The molecular weight excluding hydrogens is 965 g/mol. The Labute approximate surface area is 443 Å². The molecule has 6 aliphatic rings. The maximum absolute atomic E-state index is 13.4. The van der Waals surface area contributed by atoms with Gasteiger partial charge in [0.25, 0.3) is 11.8 Å². The number of ether oxygens (including phenoxy) is 8. The van der Waals surface area contributed by atoms with Crippen LogP contribution in [-0.2, 0) is 38.1 Å². The number of aromatic hydroxyl groups is 1. The van der Waals surface area contributed by atoms with Crippen LogP contribution in [0.5, 0.6) is 23.0 Å². The van der Waals surface area contributed by atoms with Crippen LogP contribution in [0, 0.1) is 41.4 Å². The van der Waals surface area contributed by atoms with Crippen LogP contribution in [0.15, 0.2) is 24.5 Å². The number of nitrogens with zero attached hydrogens (tertiary/aromatic N) is 2. The van der Waals surface area contributed by atoms with E-state index in [0.29, 0.717) is 49.0 Å². The van der Waals surface area contributed by atoms with E-state index in [1.165, 1.54) is 110 Å². The van der Waals surface area contributed by atoms with E-state index >= 15 is 0 Å². The number of carbonyl (C=O) groups is 5. The van der Waals surface area contributed by atoms with Crippen molar-refractivity contribution in [3.63, 3.8) is 0 Å². The quantitative estimate of drug-likeness (QED) is 0.0639. The summed E-state index contributed by atoms with van der Waals surface area (Å²) in [5, 5.41) is 15.8. The summed E-state index contributed by atoms with van der Waals surface area (Å²) in [5.41, 5.74) is -0.250. The van der Waals surface area contributed by atoms with Gasteiger partial charge in [-0.25, -0.2) is 19.6 Å². The highest BCUT2D eigenvalue weighted by Gasteiger charge is 2.40. The number of cyclic esters (lactones) is 2. The fourth-order valence-corrected chi connectivity index (χ4v) is 11.3. The number of carbonyl (C=O) groups excluding carboxylic acids is 5. The molecule has 416 valence electrons. The van der Waals surface area contributed by atoms with Crippen LogP contribution in [0.1, 0.15) is 177 Å². The maximum Gasteiger partial charge on any atom is 0.329 e. The fourth-order valence-electron chi connectivity index (χ4n) is 11.3. The van der Waals surface area contributed by atoms with Gasteiger partial charge in [0.2, 0.25) is 6.79 Å². The normalized spacial score (nSPS) is 26.9. The molecule has 2 aromatic rings. The summed E-state index contributed by atoms with van der Waals surface area (Å²) in [5.74, 6) is 0.442. The highest BCUT2D eigenvalue weighted by Crippen LogP contribution is 2.40. The highest BCUT2D eigenvalue weighted by atomic mass is 16.7. The fraction of sp³-hybridized carbons (Fsp3) is 0.737. The molecule has 3 N–H and O–H groups in total. The summed E-state index contributed by atoms with van der Waals surface area (Å²) in [6.07, 6.45) is 23.3. The Morgan fingerprint density at radius 3 is 1.53 bits per heavy atom. The number of nitrogens with one attached hydrogen (secondary N) is 2. The summed E-state index contributed by atoms with van der Waals surface area (Å²) in [6.45, 7) is 8.28. The molecule has 4 heterocycles. The van der Waals surface area contributed by atoms with Gasteiger partial charge in [-0.05, 0) is 114 Å². The van der Waals surface area contributed by atoms with Gasteiger partial charge in [-0.1, -0.05) is 78.1 Å². The van der Waals surface area contributed by atoms with Crippen LogP contribution in [-0.4, -0.2) is 116 Å². The van der Waals surface area contributed by atoms with Gasteiger partial charge in [-0.2, -0.15) is 0 Å². The van der Waals surface area contributed by atoms with E-state index in [2.05, 4.69) is 20.6 Å². The lowest BCUT2D eigenvalue weighted by Crippen LogP contribution is -2.44. The van der Waals surface area contributed by atoms with Gasteiger partial charge in [0, 0.05) is 37.7 Å². The third kappa shape index (κ3) is 16.9. The molecule has 0 spiro atoms. The largest absolute Gasteiger partial charge is 0.503 e. The second kappa shape index (κ2) is 28.2. The van der Waals surface area contributed by atoms with Crippen LogP contribution < -0.4 is 24.8 Å². The Morgan fingerprint density at radius 2 is 1.08 bits per heavy atom. The van der Waals surface area contributed by atoms with Crippen molar-refractivity contribution in [3.05, 3.63) is 35.9 Å². The van der Waals surface area contributed by atoms with Gasteiger partial charge >= 0.3 is 17.9 Å². The van der Waals surface area contributed by atoms with Crippen molar-refractivity contribution < 1.29 is 67.0 Å². The van der Waals surface area contributed by atoms with Crippen molar-refractivity contribution >= 4 is 29.7 Å². The molecule has 2 saturated heterocycles. The molecule has 8 rings (SSSR count). The van der Waals surface area contributed by atoms with Crippen molar-refractivity contribution in [2.45, 2.75) is 193 Å². The molecule has 0 aromatic carbocycles. The molecule has 4 aliphatic carbocycles. The van der Waals surface area contributed by atoms with E-state index in [9.17, 15) is 29.1 Å². The van der Waals surface area contributed by atoms with E-state index in [4.69, 9.17) is 37.9 Å². The van der Waals surface area contributed by atoms with E-state index in [0.717, 1.165) is 51.0 Å². The average Bonchev–Trinajstić information content (AvgIpc) is 4.29. The molecule has 2 amide bonds. The number of rotatable bonds is 20. The molecular formula is C57H84N4O14. The second-order valence-electron chi connectivity index (χ2n) is 22.3. The van der Waals surface area contributed by atoms with Crippen LogP contribution in [0.2, 0.25) is 0 Å². The first-order valence-corrected chi connectivity index (χ1v) is 28.0. The molecule has 4 saturated carbocycles. The molecule has 75 heavy (non-hydrogen) atoms. The number of esters is 3. The summed E-state index contributed by atoms with van der Waals surface area (Å²) in [6, 6.07) is 1.35. The third-order valence-electron chi connectivity index (χ3n) is 15.9. The van der Waals surface area contributed by atoms with E-state index < -0.39 is 60.8 Å². The minimum absolute atomic E-state index is 0.0269.